The quantitative estimate of drug-likeness (QED) is 0.0392. The van der Waals surface area contributed by atoms with E-state index in [2.05, 4.69) is 82.2 Å². The van der Waals surface area contributed by atoms with Gasteiger partial charge in [0.25, 0.3) is 0 Å². The average Bonchev–Trinajstić information content (AvgIpc) is 1.53. The van der Waals surface area contributed by atoms with Gasteiger partial charge in [-0.1, -0.05) is 94.7 Å². The minimum atomic E-state index is -2.52. The van der Waals surface area contributed by atoms with Gasteiger partial charge in [0.2, 0.25) is 0 Å². The maximum absolute atomic E-state index is 15.0. The van der Waals surface area contributed by atoms with Crippen LogP contribution in [-0.4, -0.2) is 140 Å². The zero-order chi connectivity index (χ0) is 61.2. The molecule has 6 aliphatic rings. The number of hydrogen-bond donors (Lipinski definition) is 2. The first-order valence-corrected chi connectivity index (χ1v) is 40.7. The molecule has 17 atom stereocenters. The molecule has 0 unspecified atom stereocenters. The molecule has 19 heteroatoms. The van der Waals surface area contributed by atoms with Crippen LogP contribution in [-0.2, 0) is 46.5 Å². The van der Waals surface area contributed by atoms with Gasteiger partial charge >= 0.3 is 11.9 Å². The fourth-order valence-electron chi connectivity index (χ4n) is 16.4. The van der Waals surface area contributed by atoms with Crippen molar-refractivity contribution in [3.05, 3.63) is 63.4 Å². The molecule has 2 N–H and O–H groups in total. The molecule has 15 nitrogen and oxygen atoms in total. The smallest absolute Gasteiger partial charge is 0.338 e. The maximum atomic E-state index is 15.0. The Kier molecular flexibility index (Phi) is 22.1. The lowest BCUT2D eigenvalue weighted by molar-refractivity contribution is -0.342. The molecule has 84 heavy (non-hydrogen) atoms. The number of Topliss-reactive ketones (excluding diaryl/α,β-unsaturated/α-hetero) is 1. The van der Waals surface area contributed by atoms with Crippen molar-refractivity contribution < 1.29 is 71.0 Å². The Hall–Kier alpha value is -2.64. The van der Waals surface area contributed by atoms with Gasteiger partial charge in [-0.05, 0) is 171 Å². The van der Waals surface area contributed by atoms with Gasteiger partial charge in [0.05, 0.1) is 61.1 Å². The molecule has 5 fully saturated rings. The molecule has 3 heterocycles. The number of carbonyl (C=O) groups is 3. The van der Waals surface area contributed by atoms with Crippen LogP contribution >= 0.6 is 11.3 Å². The van der Waals surface area contributed by atoms with Gasteiger partial charge in [0.1, 0.15) is 23.6 Å². The number of benzene rings is 1. The molecular weight excluding hydrogens is 1140 g/mol. The van der Waals surface area contributed by atoms with Crippen LogP contribution in [0.2, 0.25) is 54.4 Å². The number of rotatable bonds is 26. The summed E-state index contributed by atoms with van der Waals surface area (Å²) in [6.07, 6.45) is -2.25. The summed E-state index contributed by atoms with van der Waals surface area (Å²) in [5.74, 6) is -1.23. The summed E-state index contributed by atoms with van der Waals surface area (Å²) in [7, 11) is -5.80. The third-order valence-corrected chi connectivity index (χ3v) is 37.6. The third-order valence-electron chi connectivity index (χ3n) is 22.6. The van der Waals surface area contributed by atoms with Gasteiger partial charge in [0, 0.05) is 12.3 Å². The molecule has 2 aliphatic heterocycles. The van der Waals surface area contributed by atoms with E-state index < -0.39 is 109 Å². The Morgan fingerprint density at radius 2 is 1.27 bits per heavy atom. The first-order valence-electron chi connectivity index (χ1n) is 32.3. The summed E-state index contributed by atoms with van der Waals surface area (Å²) in [6.45, 7) is 29.3. The second kappa shape index (κ2) is 27.6. The van der Waals surface area contributed by atoms with Crippen LogP contribution in [0.15, 0.2) is 47.4 Å². The zero-order valence-electron chi connectivity index (χ0n) is 53.5. The highest BCUT2D eigenvalue weighted by molar-refractivity contribution is 7.12. The van der Waals surface area contributed by atoms with Crippen molar-refractivity contribution in [1.82, 2.24) is 0 Å². The number of aryl methyl sites for hydroxylation is 1. The Morgan fingerprint density at radius 1 is 0.726 bits per heavy atom. The van der Waals surface area contributed by atoms with E-state index in [4.69, 9.17) is 46.4 Å². The number of ether oxygens (including phenoxy) is 7. The third kappa shape index (κ3) is 12.9. The van der Waals surface area contributed by atoms with Crippen molar-refractivity contribution in [3.8, 4) is 5.75 Å². The van der Waals surface area contributed by atoms with Gasteiger partial charge in [-0.15, -0.1) is 11.3 Å². The molecule has 4 aliphatic carbocycles. The summed E-state index contributed by atoms with van der Waals surface area (Å²) in [4.78, 5) is 44.2. The summed E-state index contributed by atoms with van der Waals surface area (Å²) in [5.41, 5.74) is 0.0509. The van der Waals surface area contributed by atoms with E-state index in [1.54, 1.807) is 31.4 Å². The molecule has 0 spiro atoms. The van der Waals surface area contributed by atoms with Gasteiger partial charge in [-0.25, -0.2) is 4.79 Å². The van der Waals surface area contributed by atoms with E-state index in [1.165, 1.54) is 23.8 Å². The van der Waals surface area contributed by atoms with Gasteiger partial charge in [-0.3, -0.25) is 9.59 Å². The number of ketones is 1. The number of allylic oxidation sites excluding steroid dienone is 1. The van der Waals surface area contributed by atoms with E-state index in [1.807, 2.05) is 25.3 Å². The summed E-state index contributed by atoms with van der Waals surface area (Å²) < 4.78 is 69.8. The van der Waals surface area contributed by atoms with E-state index in [0.29, 0.717) is 41.4 Å². The van der Waals surface area contributed by atoms with Crippen LogP contribution in [0.25, 0.3) is 0 Å². The number of thiophene rings is 1. The molecule has 2 saturated heterocycles. The van der Waals surface area contributed by atoms with Crippen LogP contribution in [0.4, 0.5) is 0 Å². The summed E-state index contributed by atoms with van der Waals surface area (Å²) in [5, 5.41) is 27.0. The van der Waals surface area contributed by atoms with Crippen molar-refractivity contribution in [2.45, 2.75) is 263 Å². The number of aliphatic hydroxyl groups excluding tert-OH is 1. The highest BCUT2D eigenvalue weighted by Gasteiger charge is 2.71. The molecule has 0 bridgehead atoms. The first-order chi connectivity index (χ1) is 40.0. The lowest BCUT2D eigenvalue weighted by Gasteiger charge is -2.59. The highest BCUT2D eigenvalue weighted by atomic mass is 32.1. The number of aliphatic hydroxyl groups is 2. The maximum Gasteiger partial charge on any atom is 0.338 e. The fraction of sp³-hybridized carbons (Fsp3) is 0.769. The monoisotopic (exact) mass is 1240 g/mol. The average molecular weight is 1240 g/mol. The lowest BCUT2D eigenvalue weighted by atomic mass is 9.46. The Labute approximate surface area is 509 Å². The van der Waals surface area contributed by atoms with Crippen molar-refractivity contribution in [2.24, 2.45) is 34.5 Å². The largest absolute Gasteiger partial charge is 0.497 e. The lowest BCUT2D eigenvalue weighted by Crippen LogP contribution is -2.66. The molecular formula is C65H104O15SSi3. The molecule has 1 aromatic carbocycles. The SMILES string of the molecule is CC[Si](CC)(CC)O[C@@H]1[C@@H](OC(=O)c2ccc(OC)cc2)[C@H](O[C@@H]2[C@@H](OC(C)=O)[C@H](O[C@H]3C[C@H]4[C@@H]5CC=C6C[C@@H](O)CC[C@]6(C)[C@H]5CC[C@]4(C)[C@@]3(O)[C@H](C)C(=O)c3cc(C)cs3)OC[C@@H]2O[Si](CC)(CC)CC)OC[C@H]1O[Si](CC)(CC)CC. The highest BCUT2D eigenvalue weighted by Crippen LogP contribution is 2.69. The summed E-state index contributed by atoms with van der Waals surface area (Å²) >= 11 is 1.39. The summed E-state index contributed by atoms with van der Waals surface area (Å²) in [6, 6.07) is 16.2. The predicted molar refractivity (Wildman–Crippen MR) is 334 cm³/mol. The zero-order valence-corrected chi connectivity index (χ0v) is 57.3. The van der Waals surface area contributed by atoms with E-state index in [-0.39, 0.29) is 42.4 Å². The normalized spacial score (nSPS) is 34.8. The van der Waals surface area contributed by atoms with Crippen molar-refractivity contribution >= 4 is 54.0 Å². The Morgan fingerprint density at radius 3 is 1.81 bits per heavy atom. The number of hydrogen-bond acceptors (Lipinski definition) is 16. The molecule has 472 valence electrons. The van der Waals surface area contributed by atoms with E-state index >= 15 is 4.79 Å². The van der Waals surface area contributed by atoms with Gasteiger partial charge in [-0.2, -0.15) is 0 Å². The topological polar surface area (TPSA) is 184 Å². The fourth-order valence-corrected chi connectivity index (χ4v) is 25.9. The number of fused-ring (bicyclic) bond motifs is 5. The second-order valence-electron chi connectivity index (χ2n) is 26.2. The molecule has 0 amide bonds. The Balaban J connectivity index is 1.24. The van der Waals surface area contributed by atoms with Crippen LogP contribution in [0.5, 0.6) is 5.75 Å². The van der Waals surface area contributed by atoms with Crippen molar-refractivity contribution in [3.63, 3.8) is 0 Å². The minimum Gasteiger partial charge on any atom is -0.497 e. The first kappa shape index (κ1) is 67.3. The van der Waals surface area contributed by atoms with Crippen LogP contribution < -0.4 is 4.74 Å². The Bertz CT molecular complexity index is 2540. The number of carbonyl (C=O) groups excluding carboxylic acids is 3. The van der Waals surface area contributed by atoms with Crippen LogP contribution in [0.3, 0.4) is 0 Å². The molecule has 2 aromatic rings. The minimum absolute atomic E-state index is 0.0248. The van der Waals surface area contributed by atoms with E-state index in [9.17, 15) is 19.8 Å². The van der Waals surface area contributed by atoms with Crippen molar-refractivity contribution in [2.75, 3.05) is 20.3 Å². The van der Waals surface area contributed by atoms with Gasteiger partial charge in [0.15, 0.2) is 55.5 Å². The molecule has 3 saturated carbocycles. The molecule has 8 rings (SSSR count). The number of esters is 2. The van der Waals surface area contributed by atoms with Crippen LogP contribution in [0.1, 0.15) is 161 Å². The predicted octanol–water partition coefficient (Wildman–Crippen LogP) is 13.4. The van der Waals surface area contributed by atoms with E-state index in [0.717, 1.165) is 85.6 Å². The van der Waals surface area contributed by atoms with Crippen molar-refractivity contribution in [1.29, 1.82) is 0 Å². The number of methoxy groups -OCH3 is 1. The standard InChI is InChI=1S/C65H104O15SSi3/c1-16-82(17-2,18-3)78-51-38-72-61(75-54-37-50-48-30-27-45-36-46(67)31-33-63(45,13)49(48)32-34-64(50,14)65(54,70)42(11)55(68)53-35-41(10)40-81-53)58(74-43(12)66)56(51)77-62-59(76-60(69)44-25-28-47(71-15)29-26-44)57(80-84(22-7,23-8)24-9)52(39-73-62)79-83(19-4,20-5)21-6/h25-29,35,40,42,46,48-52,54,56-59,61-62,67,70H,16-24,30-34,36-39H2,1-15H3/t42-,46+,48-,49+,50+,51+,52-,54+,56+,57+,58-,59-,61+,62+,63+,64+,65-/m1/s1. The second-order valence-corrected chi connectivity index (χ2v) is 41.3. The van der Waals surface area contributed by atoms with Crippen LogP contribution in [0, 0.1) is 41.4 Å². The molecule has 0 radical (unpaired) electrons. The molecule has 1 aromatic heterocycles. The van der Waals surface area contributed by atoms with Gasteiger partial charge < -0.3 is 56.6 Å².